The minimum absolute atomic E-state index is 0.577. The maximum Gasteiger partial charge on any atom is 0.294 e. The molecule has 0 saturated carbocycles. The number of nitrogens with zero attached hydrogens (tertiary/aromatic N) is 3. The fourth-order valence-corrected chi connectivity index (χ4v) is 0.661. The van der Waals surface area contributed by atoms with E-state index < -0.39 is 27.1 Å². The average Bonchev–Trinajstić information content (AvgIpc) is 2.04. The van der Waals surface area contributed by atoms with Gasteiger partial charge >= 0.3 is 0 Å². The van der Waals surface area contributed by atoms with E-state index in [2.05, 4.69) is 4.98 Å². The molecule has 0 aliphatic carbocycles. The molecule has 0 aromatic carbocycles. The molecule has 0 amide bonds. The summed E-state index contributed by atoms with van der Waals surface area (Å²) in [7, 11) is 0. The molecule has 0 bridgehead atoms. The van der Waals surface area contributed by atoms with Crippen molar-refractivity contribution in [3.63, 3.8) is 0 Å². The van der Waals surface area contributed by atoms with Gasteiger partial charge in [-0.15, -0.1) is 0 Å². The topological polar surface area (TPSA) is 122 Å². The highest BCUT2D eigenvalue weighted by Gasteiger charge is 2.15. The fourth-order valence-electron chi connectivity index (χ4n) is 0.661. The zero-order valence-corrected chi connectivity index (χ0v) is 6.04. The fraction of sp³-hybridized carbons (Fsp3) is 0. The predicted molar refractivity (Wildman–Crippen MR) is 37.0 cm³/mol. The van der Waals surface area contributed by atoms with Crippen LogP contribution in [0.2, 0.25) is 0 Å². The van der Waals surface area contributed by atoms with E-state index in [1.165, 1.54) is 0 Å². The van der Waals surface area contributed by atoms with Gasteiger partial charge in [0, 0.05) is 0 Å². The number of hydrogen-bond acceptors (Lipinski definition) is 6. The molecule has 1 aromatic rings. The Hall–Kier alpha value is -2.25. The first-order valence-electron chi connectivity index (χ1n) is 2.98. The molecule has 1 rings (SSSR count). The van der Waals surface area contributed by atoms with Crippen LogP contribution < -0.4 is 5.11 Å². The lowest BCUT2D eigenvalue weighted by Gasteiger charge is -2.02. The second-order valence-corrected chi connectivity index (χ2v) is 2.03. The number of aromatic nitrogens is 1. The molecule has 0 fully saturated rings. The van der Waals surface area contributed by atoms with Crippen LogP contribution in [0.5, 0.6) is 5.88 Å². The van der Waals surface area contributed by atoms with Gasteiger partial charge in [-0.05, 0) is 0 Å². The Morgan fingerprint density at radius 3 is 2.31 bits per heavy atom. The molecule has 1 heterocycles. The first-order chi connectivity index (χ1) is 6.02. The first-order valence-corrected chi connectivity index (χ1v) is 2.98. The van der Waals surface area contributed by atoms with Gasteiger partial charge in [-0.2, -0.15) is 0 Å². The van der Waals surface area contributed by atoms with Crippen molar-refractivity contribution in [3.8, 4) is 5.88 Å². The molecule has 0 unspecified atom stereocenters. The summed E-state index contributed by atoms with van der Waals surface area (Å²) < 4.78 is 0. The third-order valence-electron chi connectivity index (χ3n) is 1.23. The van der Waals surface area contributed by atoms with Crippen LogP contribution in [0.25, 0.3) is 0 Å². The molecule has 0 atom stereocenters. The third-order valence-corrected chi connectivity index (χ3v) is 1.23. The quantitative estimate of drug-likeness (QED) is 0.469. The maximum atomic E-state index is 10.7. The molecule has 8 nitrogen and oxygen atoms in total. The highest BCUT2D eigenvalue weighted by Crippen LogP contribution is 2.24. The van der Waals surface area contributed by atoms with Gasteiger partial charge in [-0.1, -0.05) is 0 Å². The van der Waals surface area contributed by atoms with Crippen molar-refractivity contribution in [3.05, 3.63) is 32.5 Å². The van der Waals surface area contributed by atoms with E-state index in [-0.39, 0.29) is 0 Å². The lowest BCUT2D eigenvalue weighted by atomic mass is 10.4. The Morgan fingerprint density at radius 1 is 1.23 bits per heavy atom. The Balaban J connectivity index is 3.27. The lowest BCUT2D eigenvalue weighted by Crippen LogP contribution is -2.01. The second-order valence-electron chi connectivity index (χ2n) is 2.03. The van der Waals surface area contributed by atoms with E-state index in [9.17, 15) is 25.3 Å². The number of hydrogen-bond donors (Lipinski definition) is 0. The Kier molecular flexibility index (Phi) is 2.05. The van der Waals surface area contributed by atoms with Gasteiger partial charge in [-0.3, -0.25) is 25.2 Å². The van der Waals surface area contributed by atoms with Crippen molar-refractivity contribution in [2.45, 2.75) is 0 Å². The molecule has 0 spiro atoms. The molecule has 8 heteroatoms. The van der Waals surface area contributed by atoms with Crippen LogP contribution in [0.1, 0.15) is 0 Å². The van der Waals surface area contributed by atoms with Gasteiger partial charge in [0.2, 0.25) is 0 Å². The summed E-state index contributed by atoms with van der Waals surface area (Å²) in [4.78, 5) is 21.4. The molecule has 0 N–H and O–H groups in total. The predicted octanol–water partition coefficient (Wildman–Crippen LogP) is -0.0284. The van der Waals surface area contributed by atoms with Crippen molar-refractivity contribution >= 4 is 11.4 Å². The van der Waals surface area contributed by atoms with E-state index in [1.807, 2.05) is 0 Å². The summed E-state index contributed by atoms with van der Waals surface area (Å²) in [6, 6.07) is 0.579. The lowest BCUT2D eigenvalue weighted by molar-refractivity contribution is -0.405. The summed E-state index contributed by atoms with van der Waals surface area (Å²) >= 11 is 0. The van der Waals surface area contributed by atoms with Crippen LogP contribution in [0.4, 0.5) is 11.4 Å². The van der Waals surface area contributed by atoms with Crippen molar-refractivity contribution in [2.75, 3.05) is 0 Å². The van der Waals surface area contributed by atoms with Crippen LogP contribution in [0.15, 0.2) is 12.3 Å². The molecule has 68 valence electrons. The normalized spacial score (nSPS) is 9.54. The molecular weight excluding hydrogens is 182 g/mol. The smallest absolute Gasteiger partial charge is 0.294 e. The van der Waals surface area contributed by atoms with Crippen molar-refractivity contribution in [1.29, 1.82) is 0 Å². The van der Waals surface area contributed by atoms with Gasteiger partial charge in [0.15, 0.2) is 0 Å². The second kappa shape index (κ2) is 3.01. The van der Waals surface area contributed by atoms with Crippen molar-refractivity contribution in [1.82, 2.24) is 4.98 Å². The van der Waals surface area contributed by atoms with Crippen LogP contribution in [0.3, 0.4) is 0 Å². The van der Waals surface area contributed by atoms with Crippen LogP contribution in [0, 0.1) is 20.2 Å². The molecule has 0 radical (unpaired) electrons. The van der Waals surface area contributed by atoms with E-state index in [1.54, 1.807) is 0 Å². The zero-order valence-electron chi connectivity index (χ0n) is 6.04. The van der Waals surface area contributed by atoms with E-state index in [0.29, 0.717) is 12.3 Å². The largest absolute Gasteiger partial charge is 0.854 e. The van der Waals surface area contributed by atoms with Gasteiger partial charge in [0.1, 0.15) is 6.20 Å². The SMILES string of the molecule is O=[N+]([O-])c1cnc([O-])c([N+](=O)[O-])c1. The molecular formula is C5H2N3O5-. The summed E-state index contributed by atoms with van der Waals surface area (Å²) in [6.07, 6.45) is 0.676. The number of pyridine rings is 1. The van der Waals surface area contributed by atoms with Crippen molar-refractivity contribution in [2.24, 2.45) is 0 Å². The van der Waals surface area contributed by atoms with E-state index in [0.717, 1.165) is 0 Å². The Labute approximate surface area is 70.8 Å². The van der Waals surface area contributed by atoms with Gasteiger partial charge in [0.05, 0.1) is 21.8 Å². The van der Waals surface area contributed by atoms with Gasteiger partial charge < -0.3 is 5.11 Å². The van der Waals surface area contributed by atoms with Crippen LogP contribution in [-0.2, 0) is 0 Å². The molecule has 0 aliphatic rings. The van der Waals surface area contributed by atoms with Gasteiger partial charge in [0.25, 0.3) is 11.4 Å². The summed E-state index contributed by atoms with van der Waals surface area (Å²) in [5, 5.41) is 30.9. The minimum Gasteiger partial charge on any atom is -0.854 e. The standard InChI is InChI=1S/C5H3N3O5/c9-5-4(8(12)13)1-3(2-6-5)7(10)11/h1-2H,(H,6,9)/p-1. The Bertz CT molecular complexity index is 376. The highest BCUT2D eigenvalue weighted by molar-refractivity contribution is 5.46. The van der Waals surface area contributed by atoms with E-state index in [4.69, 9.17) is 0 Å². The monoisotopic (exact) mass is 184 g/mol. The average molecular weight is 184 g/mol. The zero-order chi connectivity index (χ0) is 10.0. The summed E-state index contributed by atoms with van der Waals surface area (Å²) in [5.41, 5.74) is -1.47. The highest BCUT2D eigenvalue weighted by atomic mass is 16.6. The van der Waals surface area contributed by atoms with E-state index >= 15 is 0 Å². The summed E-state index contributed by atoms with van der Waals surface area (Å²) in [6.45, 7) is 0. The van der Waals surface area contributed by atoms with Crippen LogP contribution >= 0.6 is 0 Å². The maximum absolute atomic E-state index is 10.7. The molecule has 0 saturated heterocycles. The third kappa shape index (κ3) is 1.67. The van der Waals surface area contributed by atoms with Crippen LogP contribution in [-0.4, -0.2) is 14.8 Å². The van der Waals surface area contributed by atoms with Crippen molar-refractivity contribution < 1.29 is 15.0 Å². The first kappa shape index (κ1) is 8.84. The summed E-state index contributed by atoms with van der Waals surface area (Å²) in [5.74, 6) is -1.09. The number of rotatable bonds is 2. The molecule has 1 aromatic heterocycles. The molecule has 0 aliphatic heterocycles. The van der Waals surface area contributed by atoms with Gasteiger partial charge in [-0.25, -0.2) is 0 Å². The molecule has 13 heavy (non-hydrogen) atoms. The minimum atomic E-state index is -1.09. The number of nitro groups is 2. The Morgan fingerprint density at radius 2 is 1.85 bits per heavy atom.